The molecule has 0 spiro atoms. The number of pyridine rings is 1. The molecule has 29 heavy (non-hydrogen) atoms. The molecule has 0 bridgehead atoms. The number of nitrogens with one attached hydrogen (secondary N) is 1. The number of anilines is 1. The van der Waals surface area contributed by atoms with E-state index in [1.165, 1.54) is 31.3 Å². The summed E-state index contributed by atoms with van der Waals surface area (Å²) in [5, 5.41) is 3.16. The van der Waals surface area contributed by atoms with Crippen molar-refractivity contribution in [3.63, 3.8) is 0 Å². The first kappa shape index (κ1) is 19.8. The van der Waals surface area contributed by atoms with E-state index in [1.807, 2.05) is 20.0 Å². The van der Waals surface area contributed by atoms with Gasteiger partial charge in [0.2, 0.25) is 5.91 Å². The van der Waals surface area contributed by atoms with Gasteiger partial charge in [-0.25, -0.2) is 15.0 Å². The van der Waals surface area contributed by atoms with Crippen LogP contribution in [0.5, 0.6) is 0 Å². The van der Waals surface area contributed by atoms with Gasteiger partial charge >= 0.3 is 0 Å². The van der Waals surface area contributed by atoms with Crippen LogP contribution in [-0.4, -0.2) is 40.5 Å². The lowest BCUT2D eigenvalue weighted by Gasteiger charge is -2.32. The van der Waals surface area contributed by atoms with Gasteiger partial charge in [-0.2, -0.15) is 0 Å². The lowest BCUT2D eigenvalue weighted by molar-refractivity contribution is -0.125. The van der Waals surface area contributed by atoms with E-state index in [-0.39, 0.29) is 11.8 Å². The Labute approximate surface area is 172 Å². The van der Waals surface area contributed by atoms with Gasteiger partial charge in [-0.3, -0.25) is 4.79 Å². The summed E-state index contributed by atoms with van der Waals surface area (Å²) in [7, 11) is 0. The number of nitrogens with zero attached hydrogens (tertiary/aromatic N) is 4. The number of hydrogen-bond acceptors (Lipinski definition) is 5. The first-order chi connectivity index (χ1) is 14.1. The van der Waals surface area contributed by atoms with Gasteiger partial charge in [-0.15, -0.1) is 0 Å². The van der Waals surface area contributed by atoms with E-state index in [1.54, 1.807) is 0 Å². The summed E-state index contributed by atoms with van der Waals surface area (Å²) in [6, 6.07) is 2.07. The van der Waals surface area contributed by atoms with Crippen LogP contribution in [0.1, 0.15) is 56.3 Å². The van der Waals surface area contributed by atoms with Gasteiger partial charge in [0, 0.05) is 25.6 Å². The second-order valence-electron chi connectivity index (χ2n) is 8.34. The maximum absolute atomic E-state index is 12.5. The van der Waals surface area contributed by atoms with Crippen molar-refractivity contribution in [2.24, 2.45) is 5.92 Å². The minimum absolute atomic E-state index is 0.115. The molecule has 1 fully saturated rings. The monoisotopic (exact) mass is 393 g/mol. The van der Waals surface area contributed by atoms with E-state index in [4.69, 9.17) is 0 Å². The molecule has 0 saturated carbocycles. The Morgan fingerprint density at radius 3 is 2.72 bits per heavy atom. The van der Waals surface area contributed by atoms with E-state index in [0.717, 1.165) is 61.5 Å². The minimum atomic E-state index is 0.115. The largest absolute Gasteiger partial charge is 0.370 e. The summed E-state index contributed by atoms with van der Waals surface area (Å²) in [6.45, 7) is 6.45. The topological polar surface area (TPSA) is 71.0 Å². The molecule has 1 saturated heterocycles. The third-order valence-corrected chi connectivity index (χ3v) is 6.28. The maximum Gasteiger partial charge on any atom is 0.223 e. The molecule has 2 aromatic heterocycles. The van der Waals surface area contributed by atoms with Crippen LogP contribution in [0.3, 0.4) is 0 Å². The number of hydrogen-bond donors (Lipinski definition) is 1. The second kappa shape index (κ2) is 8.89. The van der Waals surface area contributed by atoms with Crippen LogP contribution in [0.2, 0.25) is 0 Å². The first-order valence-electron chi connectivity index (χ1n) is 10.9. The Balaban J connectivity index is 1.29. The molecule has 1 amide bonds. The van der Waals surface area contributed by atoms with E-state index in [0.29, 0.717) is 5.65 Å². The fourth-order valence-corrected chi connectivity index (χ4v) is 4.30. The molecule has 1 aliphatic heterocycles. The van der Waals surface area contributed by atoms with Crippen LogP contribution >= 0.6 is 0 Å². The Hall–Kier alpha value is -2.50. The average Bonchev–Trinajstić information content (AvgIpc) is 2.75. The Morgan fingerprint density at radius 2 is 1.97 bits per heavy atom. The van der Waals surface area contributed by atoms with Crippen molar-refractivity contribution in [1.82, 2.24) is 20.3 Å². The van der Waals surface area contributed by atoms with Gasteiger partial charge in [0.25, 0.3) is 0 Å². The first-order valence-corrected chi connectivity index (χ1v) is 10.9. The summed E-state index contributed by atoms with van der Waals surface area (Å²) in [5.41, 5.74) is 5.98. The summed E-state index contributed by atoms with van der Waals surface area (Å²) in [6.07, 6.45) is 12.0. The van der Waals surface area contributed by atoms with E-state index < -0.39 is 0 Å². The molecule has 2 aliphatic rings. The zero-order valence-electron chi connectivity index (χ0n) is 17.6. The van der Waals surface area contributed by atoms with Crippen molar-refractivity contribution in [2.75, 3.05) is 24.5 Å². The molecular weight excluding hydrogens is 362 g/mol. The Kier molecular flexibility index (Phi) is 6.07. The molecule has 0 unspecified atom stereocenters. The molecule has 6 heteroatoms. The number of fused-ring (bicyclic) bond motifs is 1. The highest BCUT2D eigenvalue weighted by Gasteiger charge is 2.25. The molecular formula is C23H31N5O. The summed E-state index contributed by atoms with van der Waals surface area (Å²) < 4.78 is 0. The highest BCUT2D eigenvalue weighted by molar-refractivity contribution is 5.79. The van der Waals surface area contributed by atoms with Crippen molar-refractivity contribution in [3.05, 3.63) is 35.3 Å². The van der Waals surface area contributed by atoms with Gasteiger partial charge in [0.1, 0.15) is 5.52 Å². The lowest BCUT2D eigenvalue weighted by Crippen LogP contribution is -2.40. The smallest absolute Gasteiger partial charge is 0.223 e. The van der Waals surface area contributed by atoms with Crippen LogP contribution < -0.4 is 10.2 Å². The molecule has 4 rings (SSSR count). The van der Waals surface area contributed by atoms with Crippen LogP contribution in [-0.2, 0) is 4.79 Å². The number of rotatable bonds is 5. The van der Waals surface area contributed by atoms with Gasteiger partial charge in [-0.1, -0.05) is 11.6 Å². The number of piperidine rings is 1. The molecule has 1 aliphatic carbocycles. The number of allylic oxidation sites excluding steroid dienone is 1. The maximum atomic E-state index is 12.5. The molecule has 0 aromatic carbocycles. The summed E-state index contributed by atoms with van der Waals surface area (Å²) >= 11 is 0. The number of carbonyl (C=O) groups excluding carboxylic acids is 1. The quantitative estimate of drug-likeness (QED) is 0.781. The lowest BCUT2D eigenvalue weighted by atomic mass is 9.95. The standard InChI is InChI=1S/C23H31N5O/c1-16-17(2)27-22-21(26-16)14-20(15-25-22)28-12-9-19(10-13-28)23(29)24-11-8-18-6-4-3-5-7-18/h6,14-15,19H,3-5,7-13H2,1-2H3,(H,24,29). The van der Waals surface area contributed by atoms with Crippen LogP contribution in [0.15, 0.2) is 23.9 Å². The predicted octanol–water partition coefficient (Wildman–Crippen LogP) is 3.86. The third kappa shape index (κ3) is 4.74. The van der Waals surface area contributed by atoms with Crippen molar-refractivity contribution < 1.29 is 4.79 Å². The highest BCUT2D eigenvalue weighted by Crippen LogP contribution is 2.25. The molecule has 6 nitrogen and oxygen atoms in total. The van der Waals surface area contributed by atoms with Crippen molar-refractivity contribution >= 4 is 22.8 Å². The third-order valence-electron chi connectivity index (χ3n) is 6.28. The number of aromatic nitrogens is 3. The van der Waals surface area contributed by atoms with Gasteiger partial charge in [-0.05, 0) is 64.9 Å². The average molecular weight is 394 g/mol. The second-order valence-corrected chi connectivity index (χ2v) is 8.34. The number of aryl methyl sites for hydroxylation is 2. The molecule has 0 atom stereocenters. The number of amides is 1. The molecule has 154 valence electrons. The molecule has 1 N–H and O–H groups in total. The summed E-state index contributed by atoms with van der Waals surface area (Å²) in [4.78, 5) is 28.5. The van der Waals surface area contributed by atoms with E-state index in [9.17, 15) is 4.79 Å². The fraction of sp³-hybridized carbons (Fsp3) is 0.565. The minimum Gasteiger partial charge on any atom is -0.370 e. The zero-order valence-corrected chi connectivity index (χ0v) is 17.6. The molecule has 0 radical (unpaired) electrons. The fourth-order valence-electron chi connectivity index (χ4n) is 4.30. The normalized spacial score (nSPS) is 18.0. The SMILES string of the molecule is Cc1nc2cc(N3CCC(C(=O)NCCC4=CCCCC4)CC3)cnc2nc1C. The number of carbonyl (C=O) groups is 1. The van der Waals surface area contributed by atoms with E-state index >= 15 is 0 Å². The van der Waals surface area contributed by atoms with Crippen LogP contribution in [0.25, 0.3) is 11.2 Å². The van der Waals surface area contributed by atoms with Crippen LogP contribution in [0, 0.1) is 19.8 Å². The van der Waals surface area contributed by atoms with Crippen LogP contribution in [0.4, 0.5) is 5.69 Å². The Morgan fingerprint density at radius 1 is 1.17 bits per heavy atom. The van der Waals surface area contributed by atoms with Crippen molar-refractivity contribution in [3.8, 4) is 0 Å². The summed E-state index contributed by atoms with van der Waals surface area (Å²) in [5.74, 6) is 0.333. The molecule has 2 aromatic rings. The van der Waals surface area contributed by atoms with Gasteiger partial charge < -0.3 is 10.2 Å². The zero-order chi connectivity index (χ0) is 20.2. The van der Waals surface area contributed by atoms with Crippen molar-refractivity contribution in [2.45, 2.75) is 58.8 Å². The van der Waals surface area contributed by atoms with E-state index in [2.05, 4.69) is 37.3 Å². The predicted molar refractivity (Wildman–Crippen MR) is 116 cm³/mol. The Bertz CT molecular complexity index is 915. The van der Waals surface area contributed by atoms with Crippen molar-refractivity contribution in [1.29, 1.82) is 0 Å². The van der Waals surface area contributed by atoms with Gasteiger partial charge in [0.15, 0.2) is 5.65 Å². The van der Waals surface area contributed by atoms with Gasteiger partial charge in [0.05, 0.1) is 23.3 Å². The molecule has 3 heterocycles. The highest BCUT2D eigenvalue weighted by atomic mass is 16.1.